The van der Waals surface area contributed by atoms with Crippen LogP contribution < -0.4 is 26.0 Å². The summed E-state index contributed by atoms with van der Waals surface area (Å²) in [7, 11) is 1.27. The number of carbonyl (C=O) groups excluding carboxylic acids is 4. The summed E-state index contributed by atoms with van der Waals surface area (Å²) in [5.74, 6) is -5.41. The van der Waals surface area contributed by atoms with Crippen molar-refractivity contribution in [1.29, 1.82) is 0 Å². The minimum Gasteiger partial charge on any atom is -0.543 e. The van der Waals surface area contributed by atoms with E-state index in [4.69, 9.17) is 20.5 Å². The van der Waals surface area contributed by atoms with Gasteiger partial charge in [-0.25, -0.2) is 14.3 Å². The van der Waals surface area contributed by atoms with E-state index in [9.17, 15) is 37.5 Å². The van der Waals surface area contributed by atoms with Gasteiger partial charge in [0.25, 0.3) is 17.7 Å². The van der Waals surface area contributed by atoms with Crippen molar-refractivity contribution >= 4 is 63.6 Å². The lowest BCUT2D eigenvalue weighted by Gasteiger charge is -2.50. The number of alkyl halides is 3. The van der Waals surface area contributed by atoms with Crippen molar-refractivity contribution in [3.63, 3.8) is 0 Å². The second-order valence-corrected chi connectivity index (χ2v) is 12.2. The number of hydrogen-bond acceptors (Lipinski definition) is 12. The number of unbranched alkanes of at least 4 members (excludes halogenated alkanes) is 3. The van der Waals surface area contributed by atoms with E-state index in [1.165, 1.54) is 24.3 Å². The number of oxime groups is 1. The van der Waals surface area contributed by atoms with Gasteiger partial charge in [0.05, 0.1) is 17.2 Å². The molecule has 48 heavy (non-hydrogen) atoms. The van der Waals surface area contributed by atoms with Crippen LogP contribution in [0, 0.1) is 0 Å². The Morgan fingerprint density at radius 3 is 2.44 bits per heavy atom. The van der Waals surface area contributed by atoms with Crippen LogP contribution in [0.5, 0.6) is 0 Å². The largest absolute Gasteiger partial charge is 0.543 e. The van der Waals surface area contributed by atoms with Gasteiger partial charge in [0.2, 0.25) is 0 Å². The number of carbonyl (C=O) groups is 5. The van der Waals surface area contributed by atoms with Gasteiger partial charge in [0.1, 0.15) is 24.2 Å². The minimum absolute atomic E-state index is 0.158. The Hall–Kier alpha value is -4.72. The Kier molecular flexibility index (Phi) is 13.3. The molecule has 2 aliphatic rings. The van der Waals surface area contributed by atoms with Gasteiger partial charge in [0.15, 0.2) is 29.8 Å². The predicted octanol–water partition coefficient (Wildman–Crippen LogP) is 0.411. The zero-order valence-corrected chi connectivity index (χ0v) is 27.2. The fourth-order valence-electron chi connectivity index (χ4n) is 4.49. The van der Waals surface area contributed by atoms with E-state index in [1.807, 2.05) is 0 Å². The Morgan fingerprint density at radius 1 is 1.23 bits per heavy atom. The van der Waals surface area contributed by atoms with Crippen molar-refractivity contribution in [2.24, 2.45) is 5.16 Å². The minimum atomic E-state index is -5.08. The number of nitrogen functional groups attached to an aromatic ring is 1. The number of nitrogens with two attached hydrogens (primary N) is 1. The molecule has 1 saturated heterocycles. The molecule has 0 aromatic carbocycles. The third-order valence-corrected chi connectivity index (χ3v) is 8.79. The quantitative estimate of drug-likeness (QED) is 0.0732. The maximum absolute atomic E-state index is 13.0. The molecule has 260 valence electrons. The van der Waals surface area contributed by atoms with Crippen LogP contribution in [0.25, 0.3) is 0 Å². The zero-order chi connectivity index (χ0) is 35.6. The van der Waals surface area contributed by atoms with Crippen LogP contribution in [0.3, 0.4) is 0 Å². The van der Waals surface area contributed by atoms with Crippen molar-refractivity contribution in [1.82, 2.24) is 20.5 Å². The van der Waals surface area contributed by atoms with Gasteiger partial charge in [-0.3, -0.25) is 19.3 Å². The number of nitrogens with one attached hydrogen (secondary N) is 2. The third kappa shape index (κ3) is 9.66. The van der Waals surface area contributed by atoms with E-state index < -0.39 is 41.3 Å². The number of rotatable bonds is 13. The van der Waals surface area contributed by atoms with Crippen LogP contribution in [0.4, 0.5) is 18.3 Å². The van der Waals surface area contributed by atoms with Gasteiger partial charge in [-0.15, -0.1) is 23.1 Å². The molecule has 4 heterocycles. The summed E-state index contributed by atoms with van der Waals surface area (Å²) in [6.45, 7) is 2.92. The highest BCUT2D eigenvalue weighted by atomic mass is 32.2. The van der Waals surface area contributed by atoms with Gasteiger partial charge in [0, 0.05) is 35.4 Å². The predicted molar refractivity (Wildman–Crippen MR) is 164 cm³/mol. The van der Waals surface area contributed by atoms with E-state index in [-0.39, 0.29) is 34.7 Å². The van der Waals surface area contributed by atoms with Crippen molar-refractivity contribution in [3.8, 4) is 0 Å². The molecule has 20 heteroatoms. The number of nitrogens with zero attached hydrogens (tertiary/aromatic N) is 4. The average Bonchev–Trinajstić information content (AvgIpc) is 3.47. The lowest BCUT2D eigenvalue weighted by molar-refractivity contribution is -0.689. The number of aromatic nitrogens is 2. The summed E-state index contributed by atoms with van der Waals surface area (Å²) in [5.41, 5.74) is 6.44. The Bertz CT molecular complexity index is 1580. The lowest BCUT2D eigenvalue weighted by atomic mass is 10.0. The number of hydrogen-bond donors (Lipinski definition) is 4. The first kappa shape index (κ1) is 37.7. The van der Waals surface area contributed by atoms with Crippen LogP contribution in [0.1, 0.15) is 48.7 Å². The smallest absolute Gasteiger partial charge is 0.490 e. The Balaban J connectivity index is 0.000000804. The van der Waals surface area contributed by atoms with Crippen LogP contribution >= 0.6 is 23.1 Å². The van der Waals surface area contributed by atoms with Gasteiger partial charge in [-0.1, -0.05) is 31.3 Å². The Morgan fingerprint density at radius 2 is 1.90 bits per heavy atom. The lowest BCUT2D eigenvalue weighted by Crippen LogP contribution is -2.71. The molecule has 4 rings (SSSR count). The second kappa shape index (κ2) is 16.9. The monoisotopic (exact) mass is 715 g/mol. The number of pyridine rings is 1. The molecule has 0 spiro atoms. The number of thioether (sulfide) groups is 1. The van der Waals surface area contributed by atoms with Gasteiger partial charge < -0.3 is 36.2 Å². The number of anilines is 1. The molecule has 5 N–H and O–H groups in total. The molecule has 2 atom stereocenters. The number of carboxylic acids is 2. The highest BCUT2D eigenvalue weighted by Crippen LogP contribution is 2.40. The highest BCUT2D eigenvalue weighted by molar-refractivity contribution is 8.00. The zero-order valence-electron chi connectivity index (χ0n) is 25.6. The maximum atomic E-state index is 13.0. The van der Waals surface area contributed by atoms with Gasteiger partial charge in [-0.05, 0) is 6.42 Å². The first-order chi connectivity index (χ1) is 22.7. The van der Waals surface area contributed by atoms with Crippen molar-refractivity contribution in [2.45, 2.75) is 56.7 Å². The first-order valence-corrected chi connectivity index (χ1v) is 16.2. The molecule has 0 bridgehead atoms. The van der Waals surface area contributed by atoms with E-state index in [2.05, 4.69) is 27.7 Å². The number of thiazole rings is 1. The molecular formula is C28H32F3N7O8S2. The van der Waals surface area contributed by atoms with Crippen molar-refractivity contribution < 1.29 is 56.8 Å². The standard InChI is InChI=1S/C26H31N7O6S2.C2HF3O2/c1-3-4-5-6-9-28-21(34)15-7-10-32(11-8-15)12-16-13-40-24-19(23(36)33(24)20(16)25(37)38)30-22(35)18(31-39-2)17-14-41-26(27)29-17;3-2(4,5)1(6)7/h7-8,10-11,14,19,24H,3-6,9,12-13H2,1-2H3,(H4-,27,28,29,30,34,35,37,38);(H,6,7)/b31-18-;/t19-,24-;/m1./s1. The summed E-state index contributed by atoms with van der Waals surface area (Å²) in [6.07, 6.45) is 2.54. The fraction of sp³-hybridized carbons (Fsp3) is 0.429. The molecule has 0 unspecified atom stereocenters. The fourth-order valence-corrected chi connectivity index (χ4v) is 6.37. The maximum Gasteiger partial charge on any atom is 0.490 e. The summed E-state index contributed by atoms with van der Waals surface area (Å²) in [6, 6.07) is 2.35. The summed E-state index contributed by atoms with van der Waals surface area (Å²) >= 11 is 2.44. The SMILES string of the molecule is CCCCCCNC(=O)c1cc[n+](CC2=C(C(=O)[O-])N3C(=O)[C@@H](NC(=O)/C(=N\OC)c4csc(N)n4)[C@H]3SC2)cc1.O=C(O)C(F)(F)F. The molecule has 3 amide bonds. The van der Waals surface area contributed by atoms with Crippen LogP contribution in [0.15, 0.2) is 46.3 Å². The number of carboxylic acid groups (broad SMARTS) is 2. The molecule has 0 radical (unpaired) electrons. The summed E-state index contributed by atoms with van der Waals surface area (Å²) < 4.78 is 33.5. The van der Waals surface area contributed by atoms with E-state index >= 15 is 0 Å². The van der Waals surface area contributed by atoms with Crippen molar-refractivity contribution in [2.75, 3.05) is 25.1 Å². The number of β-lactam (4-membered cyclic amide) rings is 1. The molecule has 2 aromatic heterocycles. The molecule has 0 saturated carbocycles. The number of aliphatic carboxylic acids is 2. The highest BCUT2D eigenvalue weighted by Gasteiger charge is 2.53. The summed E-state index contributed by atoms with van der Waals surface area (Å²) in [4.78, 5) is 69.3. The topological polar surface area (TPSA) is 220 Å². The van der Waals surface area contributed by atoms with Gasteiger partial charge in [-0.2, -0.15) is 13.2 Å². The second-order valence-electron chi connectivity index (χ2n) is 10.2. The number of amides is 3. The third-order valence-electron chi connectivity index (χ3n) is 6.77. The molecule has 0 aliphatic carbocycles. The average molecular weight is 716 g/mol. The normalized spacial score (nSPS) is 17.4. The number of halogens is 3. The van der Waals surface area contributed by atoms with Crippen molar-refractivity contribution in [3.05, 3.63) is 52.4 Å². The van der Waals surface area contributed by atoms with Crippen LogP contribution in [-0.4, -0.2) is 87.4 Å². The van der Waals surface area contributed by atoms with E-state index in [0.29, 0.717) is 23.4 Å². The van der Waals surface area contributed by atoms with Crippen LogP contribution in [0.2, 0.25) is 0 Å². The summed E-state index contributed by atoms with van der Waals surface area (Å²) in [5, 5.41) is 29.6. The molecular weight excluding hydrogens is 683 g/mol. The molecule has 2 aromatic rings. The molecule has 1 fully saturated rings. The van der Waals surface area contributed by atoms with E-state index in [0.717, 1.165) is 41.9 Å². The first-order valence-electron chi connectivity index (χ1n) is 14.3. The molecule has 2 aliphatic heterocycles. The Labute approximate surface area is 280 Å². The van der Waals surface area contributed by atoms with Gasteiger partial charge >= 0.3 is 12.1 Å². The number of fused-ring (bicyclic) bond motifs is 1. The van der Waals surface area contributed by atoms with Crippen LogP contribution in [-0.2, 0) is 30.6 Å². The molecule has 15 nitrogen and oxygen atoms in total. The van der Waals surface area contributed by atoms with E-state index in [1.54, 1.807) is 29.1 Å².